The number of nitrogens with one attached hydrogen (secondary N) is 1. The number of aliphatic imine (C=N–C) groups is 1. The van der Waals surface area contributed by atoms with E-state index in [-0.39, 0.29) is 0 Å². The van der Waals surface area contributed by atoms with Gasteiger partial charge in [-0.3, -0.25) is 4.99 Å². The first-order valence-electron chi connectivity index (χ1n) is 4.16. The van der Waals surface area contributed by atoms with E-state index >= 15 is 0 Å². The van der Waals surface area contributed by atoms with Crippen LogP contribution in [-0.2, 0) is 0 Å². The van der Waals surface area contributed by atoms with Crippen molar-refractivity contribution in [3.63, 3.8) is 0 Å². The van der Waals surface area contributed by atoms with Crippen molar-refractivity contribution < 1.29 is 0 Å². The minimum absolute atomic E-state index is 0.458. The van der Waals surface area contributed by atoms with Crippen molar-refractivity contribution in [3.05, 3.63) is 33.8 Å². The molecule has 0 atom stereocenters. The second-order valence-corrected chi connectivity index (χ2v) is 3.35. The van der Waals surface area contributed by atoms with Gasteiger partial charge < -0.3 is 5.43 Å². The molecule has 0 unspecified atom stereocenters. The summed E-state index contributed by atoms with van der Waals surface area (Å²) in [5.74, 6) is 5.87. The van der Waals surface area contributed by atoms with Gasteiger partial charge in [0.1, 0.15) is 5.84 Å². The van der Waals surface area contributed by atoms with Crippen LogP contribution in [0, 0.1) is 0 Å². The molecule has 0 heterocycles. The summed E-state index contributed by atoms with van der Waals surface area (Å²) >= 11 is 11.9. The van der Waals surface area contributed by atoms with Crippen molar-refractivity contribution >= 4 is 29.0 Å². The summed E-state index contributed by atoms with van der Waals surface area (Å²) in [6.07, 6.45) is 0. The van der Waals surface area contributed by atoms with Crippen LogP contribution in [0.3, 0.4) is 0 Å². The first-order chi connectivity index (χ1) is 6.70. The van der Waals surface area contributed by atoms with Gasteiger partial charge in [0.15, 0.2) is 0 Å². The molecule has 0 aliphatic rings. The van der Waals surface area contributed by atoms with Gasteiger partial charge in [-0.15, -0.1) is 0 Å². The highest BCUT2D eigenvalue weighted by atomic mass is 35.5. The molecule has 0 aromatic heterocycles. The maximum absolute atomic E-state index is 5.99. The van der Waals surface area contributed by atoms with E-state index in [1.54, 1.807) is 12.1 Å². The molecule has 0 fully saturated rings. The molecule has 0 saturated heterocycles. The van der Waals surface area contributed by atoms with Crippen LogP contribution in [0.25, 0.3) is 0 Å². The fourth-order valence-electron chi connectivity index (χ4n) is 1.05. The molecule has 1 rings (SSSR count). The summed E-state index contributed by atoms with van der Waals surface area (Å²) in [5.41, 5.74) is 3.21. The smallest absolute Gasteiger partial charge is 0.144 e. The predicted molar refractivity (Wildman–Crippen MR) is 60.9 cm³/mol. The number of hydrogen-bond acceptors (Lipinski definition) is 2. The minimum atomic E-state index is 0.458. The Hall–Kier alpha value is -0.770. The fourth-order valence-corrected chi connectivity index (χ4v) is 1.44. The highest BCUT2D eigenvalue weighted by Gasteiger charge is 2.08. The number of amidine groups is 1. The third kappa shape index (κ3) is 2.38. The van der Waals surface area contributed by atoms with Crippen LogP contribution in [0.15, 0.2) is 23.2 Å². The van der Waals surface area contributed by atoms with Gasteiger partial charge >= 0.3 is 0 Å². The van der Waals surface area contributed by atoms with E-state index < -0.39 is 0 Å². The van der Waals surface area contributed by atoms with Crippen molar-refractivity contribution in [1.82, 2.24) is 5.43 Å². The van der Waals surface area contributed by atoms with Crippen LogP contribution >= 0.6 is 23.2 Å². The van der Waals surface area contributed by atoms with Gasteiger partial charge in [0.05, 0.1) is 10.0 Å². The van der Waals surface area contributed by atoms with Gasteiger partial charge in [-0.05, 0) is 19.1 Å². The summed E-state index contributed by atoms with van der Waals surface area (Å²) < 4.78 is 0. The molecule has 0 amide bonds. The second kappa shape index (κ2) is 5.20. The van der Waals surface area contributed by atoms with Gasteiger partial charge in [0.25, 0.3) is 0 Å². The summed E-state index contributed by atoms with van der Waals surface area (Å²) in [5, 5.41) is 0.947. The van der Waals surface area contributed by atoms with Crippen molar-refractivity contribution in [1.29, 1.82) is 0 Å². The topological polar surface area (TPSA) is 50.4 Å². The van der Waals surface area contributed by atoms with Crippen LogP contribution in [-0.4, -0.2) is 12.4 Å². The fraction of sp³-hybridized carbons (Fsp3) is 0.222. The third-order valence-corrected chi connectivity index (χ3v) is 2.48. The largest absolute Gasteiger partial charge is 0.308 e. The van der Waals surface area contributed by atoms with E-state index in [1.165, 1.54) is 0 Å². The van der Waals surface area contributed by atoms with Crippen molar-refractivity contribution in [2.45, 2.75) is 6.92 Å². The normalized spacial score (nSPS) is 11.6. The van der Waals surface area contributed by atoms with Gasteiger partial charge in [0, 0.05) is 12.1 Å². The van der Waals surface area contributed by atoms with E-state index in [0.29, 0.717) is 28.0 Å². The molecule has 0 radical (unpaired) electrons. The van der Waals surface area contributed by atoms with Gasteiger partial charge in [0.2, 0.25) is 0 Å². The van der Waals surface area contributed by atoms with Gasteiger partial charge in [-0.1, -0.05) is 29.3 Å². The number of benzene rings is 1. The van der Waals surface area contributed by atoms with Crippen LogP contribution in [0.5, 0.6) is 0 Å². The molecule has 3 N–H and O–H groups in total. The van der Waals surface area contributed by atoms with E-state index in [1.807, 2.05) is 13.0 Å². The first-order valence-corrected chi connectivity index (χ1v) is 4.91. The highest BCUT2D eigenvalue weighted by molar-refractivity contribution is 6.44. The Labute approximate surface area is 92.9 Å². The molecule has 5 heteroatoms. The average molecular weight is 232 g/mol. The van der Waals surface area contributed by atoms with Crippen LogP contribution in [0.4, 0.5) is 0 Å². The Morgan fingerprint density at radius 2 is 2.21 bits per heavy atom. The van der Waals surface area contributed by atoms with Crippen LogP contribution < -0.4 is 11.3 Å². The molecular formula is C9H11Cl2N3. The number of nitrogens with two attached hydrogens (primary N) is 1. The second-order valence-electron chi connectivity index (χ2n) is 2.57. The Balaban J connectivity index is 3.17. The SMILES string of the molecule is CCN=C(NN)c1cccc(Cl)c1Cl. The molecule has 0 aliphatic heterocycles. The zero-order valence-corrected chi connectivity index (χ0v) is 9.23. The molecule has 1 aromatic rings. The maximum atomic E-state index is 5.99. The Morgan fingerprint density at radius 3 is 2.79 bits per heavy atom. The predicted octanol–water partition coefficient (Wildman–Crippen LogP) is 2.22. The average Bonchev–Trinajstić information content (AvgIpc) is 2.19. The van der Waals surface area contributed by atoms with Crippen molar-refractivity contribution in [3.8, 4) is 0 Å². The van der Waals surface area contributed by atoms with Gasteiger partial charge in [-0.25, -0.2) is 5.84 Å². The standard InChI is InChI=1S/C9H11Cl2N3/c1-2-13-9(14-12)6-4-3-5-7(10)8(6)11/h3-5H,2,12H2,1H3,(H,13,14). The summed E-state index contributed by atoms with van der Waals surface area (Å²) in [6.45, 7) is 2.54. The van der Waals surface area contributed by atoms with Gasteiger partial charge in [-0.2, -0.15) is 0 Å². The molecule has 0 saturated carbocycles. The highest BCUT2D eigenvalue weighted by Crippen LogP contribution is 2.25. The maximum Gasteiger partial charge on any atom is 0.144 e. The quantitative estimate of drug-likeness (QED) is 0.355. The molecular weight excluding hydrogens is 221 g/mol. The molecule has 0 spiro atoms. The van der Waals surface area contributed by atoms with E-state index in [9.17, 15) is 0 Å². The lowest BCUT2D eigenvalue weighted by Gasteiger charge is -2.08. The first kappa shape index (κ1) is 11.3. The molecule has 1 aromatic carbocycles. The summed E-state index contributed by atoms with van der Waals surface area (Å²) in [6, 6.07) is 5.32. The molecule has 0 aliphatic carbocycles. The van der Waals surface area contributed by atoms with Crippen LogP contribution in [0.1, 0.15) is 12.5 Å². The number of nitrogens with zero attached hydrogens (tertiary/aromatic N) is 1. The van der Waals surface area contributed by atoms with Crippen molar-refractivity contribution in [2.24, 2.45) is 10.8 Å². The zero-order valence-electron chi connectivity index (χ0n) is 7.72. The summed E-state index contributed by atoms with van der Waals surface area (Å²) in [4.78, 5) is 4.15. The number of hydrazine groups is 1. The number of halogens is 2. The number of hydrogen-bond donors (Lipinski definition) is 2. The Bertz CT molecular complexity index is 350. The molecule has 14 heavy (non-hydrogen) atoms. The lowest BCUT2D eigenvalue weighted by molar-refractivity contribution is 0.992. The van der Waals surface area contributed by atoms with Crippen molar-refractivity contribution in [2.75, 3.05) is 6.54 Å². The van der Waals surface area contributed by atoms with E-state index in [2.05, 4.69) is 10.4 Å². The zero-order chi connectivity index (χ0) is 10.6. The van der Waals surface area contributed by atoms with E-state index in [0.717, 1.165) is 0 Å². The number of rotatable bonds is 2. The van der Waals surface area contributed by atoms with Crippen LogP contribution in [0.2, 0.25) is 10.0 Å². The molecule has 3 nitrogen and oxygen atoms in total. The monoisotopic (exact) mass is 231 g/mol. The Morgan fingerprint density at radius 1 is 1.50 bits per heavy atom. The molecule has 0 bridgehead atoms. The lowest BCUT2D eigenvalue weighted by Crippen LogP contribution is -2.31. The minimum Gasteiger partial charge on any atom is -0.308 e. The Kier molecular flexibility index (Phi) is 4.20. The molecule has 76 valence electrons. The lowest BCUT2D eigenvalue weighted by atomic mass is 10.2. The summed E-state index contributed by atoms with van der Waals surface area (Å²) in [7, 11) is 0. The third-order valence-electron chi connectivity index (χ3n) is 1.66. The van der Waals surface area contributed by atoms with E-state index in [4.69, 9.17) is 29.0 Å².